The Hall–Kier alpha value is -2.42. The first-order chi connectivity index (χ1) is 10.1. The lowest BCUT2D eigenvalue weighted by molar-refractivity contribution is 0.492. The number of hydrogen-bond acceptors (Lipinski definition) is 3. The normalized spacial score (nSPS) is 14.7. The van der Waals surface area contributed by atoms with Crippen molar-refractivity contribution in [3.63, 3.8) is 0 Å². The molecule has 0 amide bonds. The largest absolute Gasteiger partial charge is 0.376 e. The van der Waals surface area contributed by atoms with Crippen molar-refractivity contribution in [3.8, 4) is 11.3 Å². The van der Waals surface area contributed by atoms with E-state index in [1.165, 1.54) is 16.7 Å². The summed E-state index contributed by atoms with van der Waals surface area (Å²) in [6.45, 7) is 5.24. The molecule has 3 rings (SSSR count). The zero-order valence-electron chi connectivity index (χ0n) is 12.7. The summed E-state index contributed by atoms with van der Waals surface area (Å²) < 4.78 is 0. The van der Waals surface area contributed by atoms with Crippen LogP contribution in [0.25, 0.3) is 16.8 Å². The molecule has 2 aromatic rings. The van der Waals surface area contributed by atoms with Gasteiger partial charge in [0.25, 0.3) is 0 Å². The topological polar surface area (TPSA) is 29.0 Å². The smallest absolute Gasteiger partial charge is 0.0713 e. The van der Waals surface area contributed by atoms with E-state index < -0.39 is 0 Å². The Bertz CT molecular complexity index is 714. The average Bonchev–Trinajstić information content (AvgIpc) is 2.47. The molecule has 0 spiro atoms. The summed E-state index contributed by atoms with van der Waals surface area (Å²) in [4.78, 5) is 11.1. The molecule has 0 fully saturated rings. The van der Waals surface area contributed by atoms with Gasteiger partial charge in [0.05, 0.1) is 11.4 Å². The second-order valence-corrected chi connectivity index (χ2v) is 5.58. The van der Waals surface area contributed by atoms with E-state index in [2.05, 4.69) is 55.2 Å². The van der Waals surface area contributed by atoms with Crippen molar-refractivity contribution in [2.24, 2.45) is 0 Å². The maximum absolute atomic E-state index is 4.85. The highest BCUT2D eigenvalue weighted by Gasteiger charge is 2.12. The maximum Gasteiger partial charge on any atom is 0.0713 e. The molecular weight excluding hydrogens is 258 g/mol. The summed E-state index contributed by atoms with van der Waals surface area (Å²) in [5, 5.41) is 0. The van der Waals surface area contributed by atoms with E-state index in [0.717, 1.165) is 23.5 Å². The lowest BCUT2D eigenvalue weighted by Gasteiger charge is -2.22. The van der Waals surface area contributed by atoms with Crippen LogP contribution in [0.2, 0.25) is 0 Å². The number of rotatable bonds is 2. The van der Waals surface area contributed by atoms with Crippen LogP contribution in [0, 0.1) is 6.92 Å². The highest BCUT2D eigenvalue weighted by molar-refractivity contribution is 5.77. The molecule has 3 heteroatoms. The zero-order chi connectivity index (χ0) is 14.8. The van der Waals surface area contributed by atoms with Crippen molar-refractivity contribution in [2.45, 2.75) is 13.8 Å². The van der Waals surface area contributed by atoms with Crippen LogP contribution in [0.3, 0.4) is 0 Å². The van der Waals surface area contributed by atoms with Crippen molar-refractivity contribution in [2.75, 3.05) is 13.6 Å². The third kappa shape index (κ3) is 2.87. The van der Waals surface area contributed by atoms with Gasteiger partial charge in [0.15, 0.2) is 0 Å². The van der Waals surface area contributed by atoms with Gasteiger partial charge in [-0.3, -0.25) is 4.98 Å². The highest BCUT2D eigenvalue weighted by Crippen LogP contribution is 2.26. The van der Waals surface area contributed by atoms with Crippen molar-refractivity contribution >= 4 is 5.57 Å². The van der Waals surface area contributed by atoms with Gasteiger partial charge in [0.1, 0.15) is 0 Å². The molecule has 0 N–H and O–H groups in total. The van der Waals surface area contributed by atoms with Gasteiger partial charge in [-0.25, -0.2) is 4.98 Å². The molecule has 0 radical (unpaired) electrons. The molecule has 0 unspecified atom stereocenters. The molecule has 106 valence electrons. The SMILES string of the molecule is CC1=C(c2cc(C)cc(-c3ccncc3)n2)C=CN(C)C1. The van der Waals surface area contributed by atoms with Crippen molar-refractivity contribution in [3.05, 3.63) is 65.8 Å². The van der Waals surface area contributed by atoms with Crippen molar-refractivity contribution in [1.29, 1.82) is 0 Å². The van der Waals surface area contributed by atoms with Crippen LogP contribution < -0.4 is 0 Å². The summed E-state index contributed by atoms with van der Waals surface area (Å²) >= 11 is 0. The van der Waals surface area contributed by atoms with Crippen LogP contribution in [0.1, 0.15) is 18.2 Å². The first kappa shape index (κ1) is 13.6. The Labute approximate surface area is 125 Å². The summed E-state index contributed by atoms with van der Waals surface area (Å²) in [6, 6.07) is 8.27. The third-order valence-corrected chi connectivity index (χ3v) is 3.66. The monoisotopic (exact) mass is 277 g/mol. The second-order valence-electron chi connectivity index (χ2n) is 5.58. The van der Waals surface area contributed by atoms with Crippen molar-refractivity contribution < 1.29 is 0 Å². The van der Waals surface area contributed by atoms with Crippen LogP contribution >= 0.6 is 0 Å². The fourth-order valence-corrected chi connectivity index (χ4v) is 2.64. The number of pyridine rings is 2. The number of aryl methyl sites for hydroxylation is 1. The molecule has 0 atom stereocenters. The number of hydrogen-bond donors (Lipinski definition) is 0. The second kappa shape index (κ2) is 5.52. The van der Waals surface area contributed by atoms with Gasteiger partial charge in [-0.1, -0.05) is 0 Å². The molecule has 0 saturated heterocycles. The Morgan fingerprint density at radius 3 is 2.48 bits per heavy atom. The molecule has 1 aliphatic heterocycles. The molecule has 3 nitrogen and oxygen atoms in total. The van der Waals surface area contributed by atoms with Crippen LogP contribution in [-0.2, 0) is 0 Å². The molecule has 1 aliphatic rings. The number of likely N-dealkylation sites (N-methyl/N-ethyl adjacent to an activating group) is 1. The summed E-state index contributed by atoms with van der Waals surface area (Å²) in [7, 11) is 2.09. The van der Waals surface area contributed by atoms with E-state index >= 15 is 0 Å². The third-order valence-electron chi connectivity index (χ3n) is 3.66. The lowest BCUT2D eigenvalue weighted by atomic mass is 10.0. The Kier molecular flexibility index (Phi) is 3.57. The molecule has 0 aromatic carbocycles. The number of allylic oxidation sites excluding steroid dienone is 2. The van der Waals surface area contributed by atoms with Gasteiger partial charge in [-0.05, 0) is 61.5 Å². The molecule has 0 aliphatic carbocycles. The first-order valence-electron chi connectivity index (χ1n) is 7.11. The van der Waals surface area contributed by atoms with E-state index in [0.29, 0.717) is 0 Å². The summed E-state index contributed by atoms with van der Waals surface area (Å²) in [5.74, 6) is 0. The standard InChI is InChI=1S/C18H19N3/c1-13-10-17(15-4-7-19-8-5-15)20-18(11-13)16-6-9-21(3)12-14(16)2/h4-11H,12H2,1-3H3. The molecule has 3 heterocycles. The maximum atomic E-state index is 4.85. The fraction of sp³-hybridized carbons (Fsp3) is 0.222. The predicted molar refractivity (Wildman–Crippen MR) is 86.6 cm³/mol. The van der Waals surface area contributed by atoms with E-state index in [4.69, 9.17) is 4.98 Å². The van der Waals surface area contributed by atoms with Gasteiger partial charge in [0, 0.05) is 37.1 Å². The van der Waals surface area contributed by atoms with E-state index in [-0.39, 0.29) is 0 Å². The molecular formula is C18H19N3. The quantitative estimate of drug-likeness (QED) is 0.838. The Morgan fingerprint density at radius 2 is 1.76 bits per heavy atom. The number of aromatic nitrogens is 2. The molecule has 2 aromatic heterocycles. The minimum atomic E-state index is 0.950. The van der Waals surface area contributed by atoms with Gasteiger partial charge in [-0.15, -0.1) is 0 Å². The van der Waals surface area contributed by atoms with Gasteiger partial charge >= 0.3 is 0 Å². The lowest BCUT2D eigenvalue weighted by Crippen LogP contribution is -2.17. The van der Waals surface area contributed by atoms with Gasteiger partial charge < -0.3 is 4.90 Å². The zero-order valence-corrected chi connectivity index (χ0v) is 12.7. The molecule has 0 bridgehead atoms. The first-order valence-corrected chi connectivity index (χ1v) is 7.11. The van der Waals surface area contributed by atoms with Crippen LogP contribution in [0.15, 0.2) is 54.5 Å². The van der Waals surface area contributed by atoms with Crippen molar-refractivity contribution in [1.82, 2.24) is 14.9 Å². The van der Waals surface area contributed by atoms with Gasteiger partial charge in [-0.2, -0.15) is 0 Å². The number of nitrogens with zero attached hydrogens (tertiary/aromatic N) is 3. The van der Waals surface area contributed by atoms with Crippen LogP contribution in [0.4, 0.5) is 0 Å². The van der Waals surface area contributed by atoms with Gasteiger partial charge in [0.2, 0.25) is 0 Å². The van der Waals surface area contributed by atoms with Crippen LogP contribution in [0.5, 0.6) is 0 Å². The molecule has 21 heavy (non-hydrogen) atoms. The van der Waals surface area contributed by atoms with Crippen LogP contribution in [-0.4, -0.2) is 28.5 Å². The Morgan fingerprint density at radius 1 is 1.05 bits per heavy atom. The van der Waals surface area contributed by atoms with E-state index in [9.17, 15) is 0 Å². The Balaban J connectivity index is 2.07. The summed E-state index contributed by atoms with van der Waals surface area (Å²) in [5.41, 5.74) is 6.94. The molecule has 0 saturated carbocycles. The van der Waals surface area contributed by atoms with E-state index in [1.54, 1.807) is 12.4 Å². The summed E-state index contributed by atoms with van der Waals surface area (Å²) in [6.07, 6.45) is 7.87. The minimum Gasteiger partial charge on any atom is -0.376 e. The van der Waals surface area contributed by atoms with E-state index in [1.807, 2.05) is 12.1 Å². The minimum absolute atomic E-state index is 0.950. The fourth-order valence-electron chi connectivity index (χ4n) is 2.64. The average molecular weight is 277 g/mol. The predicted octanol–water partition coefficient (Wildman–Crippen LogP) is 3.68. The highest BCUT2D eigenvalue weighted by atomic mass is 15.1.